The van der Waals surface area contributed by atoms with Crippen molar-refractivity contribution in [2.75, 3.05) is 0 Å². The molecule has 0 aliphatic rings. The van der Waals surface area contributed by atoms with E-state index in [9.17, 15) is 0 Å². The predicted molar refractivity (Wildman–Crippen MR) is 98.2 cm³/mol. The summed E-state index contributed by atoms with van der Waals surface area (Å²) in [5, 5.41) is 0. The molecule has 0 saturated carbocycles. The van der Waals surface area contributed by atoms with Crippen LogP contribution in [0.15, 0.2) is 54.6 Å². The van der Waals surface area contributed by atoms with Crippen LogP contribution < -0.4 is 0 Å². The van der Waals surface area contributed by atoms with E-state index in [2.05, 4.69) is 61.5 Å². The number of hydrogen-bond donors (Lipinski definition) is 0. The van der Waals surface area contributed by atoms with Crippen LogP contribution in [-0.2, 0) is 11.2 Å². The van der Waals surface area contributed by atoms with E-state index in [4.69, 9.17) is 4.79 Å². The molecule has 1 nitrogen and oxygen atoms in total. The monoisotopic (exact) mass is 298 g/mol. The van der Waals surface area contributed by atoms with Gasteiger partial charge in [-0.15, -0.1) is 0 Å². The maximum atomic E-state index is 8.00. The Labute approximate surface area is 136 Å². The van der Waals surface area contributed by atoms with Gasteiger partial charge >= 0.3 is 0 Å². The second-order valence-corrected chi connectivity index (χ2v) is 4.87. The first-order chi connectivity index (χ1) is 10.9. The Balaban J connectivity index is 0.00000102. The number of carbonyl (C=O) groups is 1. The smallest absolute Gasteiger partial charge is 0.106 e. The molecular weight excluding hydrogens is 268 g/mol. The Hall–Kier alpha value is -1.89. The van der Waals surface area contributed by atoms with Crippen molar-refractivity contribution in [2.45, 2.75) is 52.9 Å². The van der Waals surface area contributed by atoms with E-state index in [1.165, 1.54) is 48.8 Å². The molecule has 0 saturated heterocycles. The summed E-state index contributed by atoms with van der Waals surface area (Å²) in [5.74, 6) is 0. The summed E-state index contributed by atoms with van der Waals surface area (Å²) < 4.78 is 0. The third kappa shape index (κ3) is 7.78. The molecule has 0 heterocycles. The van der Waals surface area contributed by atoms with Crippen LogP contribution in [0.4, 0.5) is 0 Å². The fraction of sp³-hybridized carbons (Fsp3) is 0.381. The van der Waals surface area contributed by atoms with Gasteiger partial charge in [-0.25, -0.2) is 0 Å². The van der Waals surface area contributed by atoms with Crippen molar-refractivity contribution in [3.63, 3.8) is 0 Å². The Morgan fingerprint density at radius 3 is 1.82 bits per heavy atom. The summed E-state index contributed by atoms with van der Waals surface area (Å²) in [6.07, 6.45) is 6.57. The quantitative estimate of drug-likeness (QED) is 0.570. The largest absolute Gasteiger partial charge is 0.307 e. The van der Waals surface area contributed by atoms with Gasteiger partial charge in [0.1, 0.15) is 6.79 Å². The van der Waals surface area contributed by atoms with Crippen LogP contribution in [-0.4, -0.2) is 6.79 Å². The SMILES string of the molecule is C=O.CC.CCCCCCc1ccc(-c2ccccc2)cc1. The van der Waals surface area contributed by atoms with E-state index in [-0.39, 0.29) is 0 Å². The molecule has 0 aliphatic carbocycles. The fourth-order valence-corrected chi connectivity index (χ4v) is 2.25. The summed E-state index contributed by atoms with van der Waals surface area (Å²) in [6.45, 7) is 8.26. The molecule has 120 valence electrons. The number of hydrogen-bond acceptors (Lipinski definition) is 1. The highest BCUT2D eigenvalue weighted by Crippen LogP contribution is 2.20. The average molecular weight is 298 g/mol. The summed E-state index contributed by atoms with van der Waals surface area (Å²) in [7, 11) is 0. The van der Waals surface area contributed by atoms with Crippen molar-refractivity contribution in [3.05, 3.63) is 60.2 Å². The lowest BCUT2D eigenvalue weighted by molar-refractivity contribution is -0.0979. The maximum Gasteiger partial charge on any atom is 0.106 e. The summed E-state index contributed by atoms with van der Waals surface area (Å²) >= 11 is 0. The van der Waals surface area contributed by atoms with Crippen molar-refractivity contribution in [2.24, 2.45) is 0 Å². The molecule has 0 spiro atoms. The highest BCUT2D eigenvalue weighted by atomic mass is 16.1. The minimum absolute atomic E-state index is 1.22. The van der Waals surface area contributed by atoms with Gasteiger partial charge in [0, 0.05) is 0 Å². The molecule has 2 aromatic rings. The van der Waals surface area contributed by atoms with Crippen LogP contribution in [0.25, 0.3) is 11.1 Å². The normalized spacial score (nSPS) is 9.05. The van der Waals surface area contributed by atoms with E-state index in [0.29, 0.717) is 0 Å². The van der Waals surface area contributed by atoms with Crippen LogP contribution in [0.3, 0.4) is 0 Å². The maximum absolute atomic E-state index is 8.00. The van der Waals surface area contributed by atoms with Gasteiger partial charge in [0.2, 0.25) is 0 Å². The van der Waals surface area contributed by atoms with E-state index < -0.39 is 0 Å². The van der Waals surface area contributed by atoms with Gasteiger partial charge in [-0.05, 0) is 29.5 Å². The van der Waals surface area contributed by atoms with Gasteiger partial charge in [-0.2, -0.15) is 0 Å². The third-order valence-corrected chi connectivity index (χ3v) is 3.38. The zero-order valence-corrected chi connectivity index (χ0v) is 14.3. The Morgan fingerprint density at radius 2 is 1.27 bits per heavy atom. The second kappa shape index (κ2) is 14.1. The highest BCUT2D eigenvalue weighted by molar-refractivity contribution is 5.63. The van der Waals surface area contributed by atoms with E-state index >= 15 is 0 Å². The molecule has 22 heavy (non-hydrogen) atoms. The topological polar surface area (TPSA) is 17.1 Å². The average Bonchev–Trinajstić information content (AvgIpc) is 2.63. The molecular formula is C21H30O. The molecule has 1 heteroatoms. The van der Waals surface area contributed by atoms with Gasteiger partial charge in [-0.3, -0.25) is 0 Å². The highest BCUT2D eigenvalue weighted by Gasteiger charge is 1.97. The van der Waals surface area contributed by atoms with Crippen molar-refractivity contribution in [3.8, 4) is 11.1 Å². The molecule has 0 aliphatic heterocycles. The lowest BCUT2D eigenvalue weighted by Crippen LogP contribution is -1.86. The summed E-state index contributed by atoms with van der Waals surface area (Å²) in [6, 6.07) is 19.6. The lowest BCUT2D eigenvalue weighted by atomic mass is 10.0. The Kier molecular flexibility index (Phi) is 12.9. The fourth-order valence-electron chi connectivity index (χ4n) is 2.25. The van der Waals surface area contributed by atoms with Crippen LogP contribution in [0, 0.1) is 0 Å². The molecule has 0 amide bonds. The molecule has 0 atom stereocenters. The molecule has 2 aromatic carbocycles. The van der Waals surface area contributed by atoms with E-state index in [1.807, 2.05) is 20.6 Å². The first-order valence-electron chi connectivity index (χ1n) is 8.33. The van der Waals surface area contributed by atoms with Crippen LogP contribution in [0.1, 0.15) is 52.0 Å². The standard InChI is InChI=1S/C18H22.C2H6.CH2O/c1-2-3-4-6-9-16-12-14-18(15-13-16)17-10-7-5-8-11-17;2*1-2/h5,7-8,10-15H,2-4,6,9H2,1H3;1-2H3;1H2. The molecule has 0 radical (unpaired) electrons. The minimum atomic E-state index is 1.22. The Morgan fingerprint density at radius 1 is 0.727 bits per heavy atom. The molecule has 0 N–H and O–H groups in total. The van der Waals surface area contributed by atoms with Gasteiger partial charge in [0.25, 0.3) is 0 Å². The van der Waals surface area contributed by atoms with Crippen LogP contribution in [0.2, 0.25) is 0 Å². The number of unbranched alkanes of at least 4 members (excludes halogenated alkanes) is 3. The van der Waals surface area contributed by atoms with Crippen molar-refractivity contribution < 1.29 is 4.79 Å². The van der Waals surface area contributed by atoms with Crippen LogP contribution >= 0.6 is 0 Å². The van der Waals surface area contributed by atoms with Crippen molar-refractivity contribution in [1.82, 2.24) is 0 Å². The zero-order chi connectivity index (χ0) is 16.6. The van der Waals surface area contributed by atoms with Gasteiger partial charge in [0.05, 0.1) is 0 Å². The molecule has 0 fully saturated rings. The first kappa shape index (κ1) is 20.1. The second-order valence-electron chi connectivity index (χ2n) is 4.87. The first-order valence-corrected chi connectivity index (χ1v) is 8.33. The van der Waals surface area contributed by atoms with E-state index in [1.54, 1.807) is 0 Å². The van der Waals surface area contributed by atoms with Crippen molar-refractivity contribution >= 4 is 6.79 Å². The zero-order valence-electron chi connectivity index (χ0n) is 14.3. The van der Waals surface area contributed by atoms with Gasteiger partial charge < -0.3 is 4.79 Å². The summed E-state index contributed by atoms with van der Waals surface area (Å²) in [5.41, 5.74) is 4.08. The number of carbonyl (C=O) groups excluding carboxylic acids is 1. The predicted octanol–water partition coefficient (Wildman–Crippen LogP) is 6.32. The lowest BCUT2D eigenvalue weighted by Gasteiger charge is -2.04. The van der Waals surface area contributed by atoms with Gasteiger partial charge in [0.15, 0.2) is 0 Å². The Bertz CT molecular complexity index is 459. The number of aryl methyl sites for hydroxylation is 1. The molecule has 2 rings (SSSR count). The van der Waals surface area contributed by atoms with Gasteiger partial charge in [-0.1, -0.05) is 94.6 Å². The molecule has 0 aromatic heterocycles. The minimum Gasteiger partial charge on any atom is -0.307 e. The molecule has 0 unspecified atom stereocenters. The number of rotatable bonds is 6. The van der Waals surface area contributed by atoms with Crippen molar-refractivity contribution in [1.29, 1.82) is 0 Å². The third-order valence-electron chi connectivity index (χ3n) is 3.38. The van der Waals surface area contributed by atoms with Crippen LogP contribution in [0.5, 0.6) is 0 Å². The number of benzene rings is 2. The van der Waals surface area contributed by atoms with E-state index in [0.717, 1.165) is 0 Å². The molecule has 0 bridgehead atoms. The summed E-state index contributed by atoms with van der Waals surface area (Å²) in [4.78, 5) is 8.00.